The molecule has 0 radical (unpaired) electrons. The Labute approximate surface area is 193 Å². The third-order valence-electron chi connectivity index (χ3n) is 4.61. The average molecular weight is 502 g/mol. The number of carbonyl (C=O) groups is 1. The van der Waals surface area contributed by atoms with Crippen LogP contribution in [0.4, 0.5) is 37.7 Å². The number of aryl methyl sites for hydroxylation is 2. The summed E-state index contributed by atoms with van der Waals surface area (Å²) in [5, 5.41) is 17.0. The van der Waals surface area contributed by atoms with Crippen LogP contribution in [-0.4, -0.2) is 20.6 Å². The fourth-order valence-corrected chi connectivity index (χ4v) is 3.00. The van der Waals surface area contributed by atoms with Gasteiger partial charge in [0.1, 0.15) is 11.5 Å². The van der Waals surface area contributed by atoms with E-state index in [2.05, 4.69) is 10.4 Å². The Morgan fingerprint density at radius 2 is 1.77 bits per heavy atom. The van der Waals surface area contributed by atoms with Crippen LogP contribution in [-0.2, 0) is 23.7 Å². The second-order valence-corrected chi connectivity index (χ2v) is 7.29. The van der Waals surface area contributed by atoms with E-state index >= 15 is 0 Å². The van der Waals surface area contributed by atoms with Crippen molar-refractivity contribution in [3.8, 4) is 11.5 Å². The Hall–Kier alpha value is -4.10. The number of amides is 1. The SMILES string of the molecule is Cc1cc(C(F)(F)F)nn1CCC(=O)Nc1cc(Oc2cccc(C(F)(F)F)c2)cc([N+](=O)[O-])c1. The van der Waals surface area contributed by atoms with Gasteiger partial charge in [0.05, 0.1) is 22.2 Å². The first kappa shape index (κ1) is 25.5. The lowest BCUT2D eigenvalue weighted by molar-refractivity contribution is -0.384. The topological polar surface area (TPSA) is 99.3 Å². The molecule has 0 unspecified atom stereocenters. The second-order valence-electron chi connectivity index (χ2n) is 7.29. The number of nitro benzene ring substituents is 1. The number of aromatic nitrogens is 2. The lowest BCUT2D eigenvalue weighted by atomic mass is 10.2. The van der Waals surface area contributed by atoms with Gasteiger partial charge in [-0.1, -0.05) is 6.07 Å². The van der Waals surface area contributed by atoms with E-state index in [1.54, 1.807) is 0 Å². The van der Waals surface area contributed by atoms with Gasteiger partial charge >= 0.3 is 12.4 Å². The molecule has 0 saturated heterocycles. The molecule has 14 heteroatoms. The molecule has 0 aliphatic rings. The van der Waals surface area contributed by atoms with E-state index in [0.717, 1.165) is 41.1 Å². The van der Waals surface area contributed by atoms with Gasteiger partial charge in [-0.05, 0) is 31.2 Å². The molecule has 0 fully saturated rings. The van der Waals surface area contributed by atoms with Crippen LogP contribution in [0.3, 0.4) is 0 Å². The van der Waals surface area contributed by atoms with Gasteiger partial charge < -0.3 is 10.1 Å². The minimum absolute atomic E-state index is 0.0978. The van der Waals surface area contributed by atoms with E-state index in [4.69, 9.17) is 4.74 Å². The molecule has 2 aromatic carbocycles. The summed E-state index contributed by atoms with van der Waals surface area (Å²) in [5.74, 6) is -1.15. The molecule has 3 rings (SSSR count). The number of nitro groups is 1. The van der Waals surface area contributed by atoms with Crippen molar-refractivity contribution in [3.05, 3.63) is 75.6 Å². The van der Waals surface area contributed by atoms with Crippen LogP contribution < -0.4 is 10.1 Å². The molecular weight excluding hydrogens is 486 g/mol. The van der Waals surface area contributed by atoms with Crippen molar-refractivity contribution in [3.63, 3.8) is 0 Å². The number of non-ortho nitro benzene ring substituents is 1. The molecule has 1 amide bonds. The number of hydrogen-bond donors (Lipinski definition) is 1. The van der Waals surface area contributed by atoms with Gasteiger partial charge in [0, 0.05) is 30.8 Å². The van der Waals surface area contributed by atoms with Gasteiger partial charge in [-0.15, -0.1) is 0 Å². The smallest absolute Gasteiger partial charge is 0.435 e. The molecule has 0 saturated carbocycles. The molecular formula is C21H16F6N4O4. The van der Waals surface area contributed by atoms with Crippen molar-refractivity contribution in [2.24, 2.45) is 0 Å². The fourth-order valence-electron chi connectivity index (χ4n) is 3.00. The zero-order chi connectivity index (χ0) is 26.0. The van der Waals surface area contributed by atoms with E-state index < -0.39 is 40.1 Å². The number of rotatable bonds is 7. The minimum Gasteiger partial charge on any atom is -0.457 e. The van der Waals surface area contributed by atoms with Crippen LogP contribution >= 0.6 is 0 Å². The third-order valence-corrected chi connectivity index (χ3v) is 4.61. The van der Waals surface area contributed by atoms with Crippen LogP contribution in [0.1, 0.15) is 23.4 Å². The largest absolute Gasteiger partial charge is 0.457 e. The lowest BCUT2D eigenvalue weighted by Gasteiger charge is -2.12. The fraction of sp³-hybridized carbons (Fsp3) is 0.238. The normalized spacial score (nSPS) is 11.9. The van der Waals surface area contributed by atoms with Crippen molar-refractivity contribution in [2.45, 2.75) is 32.2 Å². The molecule has 8 nitrogen and oxygen atoms in total. The first-order chi connectivity index (χ1) is 16.2. The first-order valence-electron chi connectivity index (χ1n) is 9.78. The molecule has 0 atom stereocenters. The number of ether oxygens (including phenoxy) is 1. The summed E-state index contributed by atoms with van der Waals surface area (Å²) in [4.78, 5) is 22.8. The maximum atomic E-state index is 12.9. The maximum absolute atomic E-state index is 12.9. The predicted octanol–water partition coefficient (Wildman–Crippen LogP) is 5.96. The zero-order valence-corrected chi connectivity index (χ0v) is 17.8. The van der Waals surface area contributed by atoms with E-state index in [1.807, 2.05) is 0 Å². The molecule has 1 heterocycles. The minimum atomic E-state index is -4.64. The summed E-state index contributed by atoms with van der Waals surface area (Å²) in [6.45, 7) is 1.19. The maximum Gasteiger partial charge on any atom is 0.435 e. The number of hydrogen-bond acceptors (Lipinski definition) is 5. The van der Waals surface area contributed by atoms with Crippen molar-refractivity contribution in [1.82, 2.24) is 9.78 Å². The highest BCUT2D eigenvalue weighted by atomic mass is 19.4. The van der Waals surface area contributed by atoms with Crippen LogP contribution in [0.2, 0.25) is 0 Å². The quantitative estimate of drug-likeness (QED) is 0.244. The molecule has 0 spiro atoms. The molecule has 186 valence electrons. The monoisotopic (exact) mass is 502 g/mol. The number of nitrogens with one attached hydrogen (secondary N) is 1. The van der Waals surface area contributed by atoms with E-state index in [1.165, 1.54) is 13.0 Å². The van der Waals surface area contributed by atoms with Crippen LogP contribution in [0.5, 0.6) is 11.5 Å². The lowest BCUT2D eigenvalue weighted by Crippen LogP contribution is -2.16. The summed E-state index contributed by atoms with van der Waals surface area (Å²) in [6.07, 6.45) is -9.58. The predicted molar refractivity (Wildman–Crippen MR) is 110 cm³/mol. The summed E-state index contributed by atoms with van der Waals surface area (Å²) >= 11 is 0. The molecule has 0 aliphatic heterocycles. The molecule has 3 aromatic rings. The average Bonchev–Trinajstić information content (AvgIpc) is 3.13. The van der Waals surface area contributed by atoms with Crippen molar-refractivity contribution < 1.29 is 40.8 Å². The van der Waals surface area contributed by atoms with Gasteiger partial charge in [0.15, 0.2) is 5.69 Å². The highest BCUT2D eigenvalue weighted by Crippen LogP contribution is 2.34. The summed E-state index contributed by atoms with van der Waals surface area (Å²) in [6, 6.07) is 7.79. The van der Waals surface area contributed by atoms with E-state index in [9.17, 15) is 41.3 Å². The molecule has 1 N–H and O–H groups in total. The van der Waals surface area contributed by atoms with E-state index in [-0.39, 0.29) is 35.8 Å². The van der Waals surface area contributed by atoms with Gasteiger partial charge in [0.25, 0.3) is 5.69 Å². The summed E-state index contributed by atoms with van der Waals surface area (Å²) in [7, 11) is 0. The number of nitrogens with zero attached hydrogens (tertiary/aromatic N) is 3. The first-order valence-corrected chi connectivity index (χ1v) is 9.78. The summed E-state index contributed by atoms with van der Waals surface area (Å²) in [5.41, 5.74) is -2.53. The van der Waals surface area contributed by atoms with Gasteiger partial charge in [-0.25, -0.2) is 0 Å². The zero-order valence-electron chi connectivity index (χ0n) is 17.8. The Morgan fingerprint density at radius 1 is 1.06 bits per heavy atom. The third kappa shape index (κ3) is 6.71. The van der Waals surface area contributed by atoms with Crippen molar-refractivity contribution in [2.75, 3.05) is 5.32 Å². The second kappa shape index (κ2) is 9.64. The Kier molecular flexibility index (Phi) is 7.03. The summed E-state index contributed by atoms with van der Waals surface area (Å²) < 4.78 is 83.4. The standard InChI is InChI=1S/C21H16F6N4O4/c1-12-7-18(21(25,26)27)29-30(12)6-5-19(32)28-14-9-15(31(33)34)11-17(10-14)35-16-4-2-3-13(8-16)20(22,23)24/h2-4,7-11H,5-6H2,1H3,(H,28,32). The number of carbonyl (C=O) groups excluding carboxylic acids is 1. The van der Waals surface area contributed by atoms with E-state index in [0.29, 0.717) is 6.07 Å². The molecule has 0 aliphatic carbocycles. The number of benzene rings is 2. The molecule has 0 bridgehead atoms. The van der Waals surface area contributed by atoms with Gasteiger partial charge in [0.2, 0.25) is 5.91 Å². The van der Waals surface area contributed by atoms with Crippen molar-refractivity contribution in [1.29, 1.82) is 0 Å². The Balaban J connectivity index is 1.75. The number of halogens is 6. The Morgan fingerprint density at radius 3 is 2.37 bits per heavy atom. The van der Waals surface area contributed by atoms with Crippen molar-refractivity contribution >= 4 is 17.3 Å². The van der Waals surface area contributed by atoms with Gasteiger partial charge in [-0.2, -0.15) is 31.4 Å². The number of anilines is 1. The van der Waals surface area contributed by atoms with Gasteiger partial charge in [-0.3, -0.25) is 19.6 Å². The Bertz CT molecular complexity index is 1250. The highest BCUT2D eigenvalue weighted by molar-refractivity contribution is 5.91. The highest BCUT2D eigenvalue weighted by Gasteiger charge is 2.34. The van der Waals surface area contributed by atoms with Crippen LogP contribution in [0, 0.1) is 17.0 Å². The molecule has 1 aromatic heterocycles. The van der Waals surface area contributed by atoms with Crippen LogP contribution in [0.25, 0.3) is 0 Å². The molecule has 35 heavy (non-hydrogen) atoms. The number of alkyl halides is 6. The van der Waals surface area contributed by atoms with Crippen LogP contribution in [0.15, 0.2) is 48.5 Å².